The molecule has 0 radical (unpaired) electrons. The van der Waals surface area contributed by atoms with Crippen LogP contribution in [0.1, 0.15) is 26.3 Å². The lowest BCUT2D eigenvalue weighted by Crippen LogP contribution is -2.51. The number of anilines is 1. The fourth-order valence-corrected chi connectivity index (χ4v) is 4.25. The summed E-state index contributed by atoms with van der Waals surface area (Å²) in [4.78, 5) is 27.7. The van der Waals surface area contributed by atoms with Gasteiger partial charge in [-0.1, -0.05) is 26.0 Å². The van der Waals surface area contributed by atoms with Crippen molar-refractivity contribution in [1.82, 2.24) is 10.2 Å². The summed E-state index contributed by atoms with van der Waals surface area (Å²) >= 11 is 0. The maximum atomic E-state index is 13.6. The number of hydrogen-bond acceptors (Lipinski definition) is 6. The third-order valence-electron chi connectivity index (χ3n) is 5.45. The van der Waals surface area contributed by atoms with Gasteiger partial charge in [0.25, 0.3) is 0 Å². The summed E-state index contributed by atoms with van der Waals surface area (Å²) in [7, 11) is -1.13. The molecule has 11 heteroatoms. The molecule has 0 heterocycles. The van der Waals surface area contributed by atoms with Crippen LogP contribution >= 0.6 is 0 Å². The number of carbonyl (C=O) groups is 2. The van der Waals surface area contributed by atoms with Gasteiger partial charge < -0.3 is 19.7 Å². The molecule has 0 spiro atoms. The molecule has 0 fully saturated rings. The van der Waals surface area contributed by atoms with Crippen molar-refractivity contribution in [1.29, 1.82) is 0 Å². The number of amides is 2. The Labute approximate surface area is 212 Å². The molecule has 0 saturated heterocycles. The first kappa shape index (κ1) is 28.9. The van der Waals surface area contributed by atoms with Crippen LogP contribution in [0.2, 0.25) is 0 Å². The van der Waals surface area contributed by atoms with E-state index in [9.17, 15) is 22.4 Å². The minimum atomic E-state index is -3.95. The van der Waals surface area contributed by atoms with E-state index in [2.05, 4.69) is 5.32 Å². The Morgan fingerprint density at radius 1 is 1.03 bits per heavy atom. The summed E-state index contributed by atoms with van der Waals surface area (Å²) in [6.07, 6.45) is 0.974. The summed E-state index contributed by atoms with van der Waals surface area (Å²) in [5.41, 5.74) is 0.699. The van der Waals surface area contributed by atoms with Gasteiger partial charge in [0.15, 0.2) is 0 Å². The Balaban J connectivity index is 2.45. The smallest absolute Gasteiger partial charge is 0.244 e. The van der Waals surface area contributed by atoms with Crippen molar-refractivity contribution >= 4 is 27.5 Å². The fraction of sp³-hybridized carbons (Fsp3) is 0.440. The highest BCUT2D eigenvalue weighted by atomic mass is 32.2. The van der Waals surface area contributed by atoms with E-state index in [1.165, 1.54) is 55.5 Å². The number of halogens is 1. The molecule has 2 aromatic carbocycles. The van der Waals surface area contributed by atoms with Crippen molar-refractivity contribution in [2.24, 2.45) is 5.92 Å². The van der Waals surface area contributed by atoms with E-state index >= 15 is 0 Å². The van der Waals surface area contributed by atoms with Crippen molar-refractivity contribution < 1.29 is 31.9 Å². The molecular formula is C25H34FN3O6S. The first-order valence-corrected chi connectivity index (χ1v) is 13.2. The average Bonchev–Trinajstić information content (AvgIpc) is 2.83. The number of rotatable bonds is 12. The normalized spacial score (nSPS) is 12.1. The first-order valence-electron chi connectivity index (χ1n) is 11.4. The van der Waals surface area contributed by atoms with Crippen LogP contribution in [0.15, 0.2) is 42.5 Å². The monoisotopic (exact) mass is 523 g/mol. The van der Waals surface area contributed by atoms with Crippen LogP contribution < -0.4 is 19.1 Å². The van der Waals surface area contributed by atoms with Gasteiger partial charge in [-0.05, 0) is 42.7 Å². The zero-order valence-electron chi connectivity index (χ0n) is 21.4. The largest absolute Gasteiger partial charge is 0.497 e. The molecule has 0 saturated carbocycles. The van der Waals surface area contributed by atoms with E-state index in [4.69, 9.17) is 9.47 Å². The Morgan fingerprint density at radius 2 is 1.67 bits per heavy atom. The maximum Gasteiger partial charge on any atom is 0.244 e. The second-order valence-corrected chi connectivity index (χ2v) is 10.7. The number of carbonyl (C=O) groups excluding carboxylic acids is 2. The molecule has 0 aliphatic carbocycles. The van der Waals surface area contributed by atoms with Gasteiger partial charge in [0, 0.05) is 19.2 Å². The number of benzene rings is 2. The van der Waals surface area contributed by atoms with E-state index in [1.807, 2.05) is 13.8 Å². The molecule has 2 aromatic rings. The Bertz CT molecular complexity index is 1150. The van der Waals surface area contributed by atoms with Gasteiger partial charge >= 0.3 is 0 Å². The summed E-state index contributed by atoms with van der Waals surface area (Å²) in [5, 5.41) is 2.80. The van der Waals surface area contributed by atoms with Gasteiger partial charge in [-0.15, -0.1) is 0 Å². The van der Waals surface area contributed by atoms with Gasteiger partial charge in [-0.25, -0.2) is 12.8 Å². The number of hydrogen-bond donors (Lipinski definition) is 1. The molecule has 2 amide bonds. The zero-order valence-corrected chi connectivity index (χ0v) is 22.3. The van der Waals surface area contributed by atoms with Gasteiger partial charge in [-0.2, -0.15) is 0 Å². The van der Waals surface area contributed by atoms with Crippen molar-refractivity contribution in [3.63, 3.8) is 0 Å². The van der Waals surface area contributed by atoms with E-state index < -0.39 is 34.3 Å². The molecule has 0 unspecified atom stereocenters. The third kappa shape index (κ3) is 7.84. The summed E-state index contributed by atoms with van der Waals surface area (Å²) in [5.74, 6) is -0.652. The van der Waals surface area contributed by atoms with Crippen LogP contribution in [0.3, 0.4) is 0 Å². The molecule has 2 rings (SSSR count). The SMILES string of the molecule is COc1ccc(OC)c(N(CC(=O)N(Cc2ccc(F)cc2)[C@@H](C)C(=O)NCC(C)C)S(C)(=O)=O)c1. The minimum Gasteiger partial charge on any atom is -0.497 e. The Hall–Kier alpha value is -3.34. The van der Waals surface area contributed by atoms with Crippen molar-refractivity contribution in [2.75, 3.05) is 37.9 Å². The zero-order chi connectivity index (χ0) is 27.0. The molecule has 0 bridgehead atoms. The summed E-state index contributed by atoms with van der Waals surface area (Å²) < 4.78 is 50.4. The highest BCUT2D eigenvalue weighted by Gasteiger charge is 2.31. The number of nitrogens with one attached hydrogen (secondary N) is 1. The van der Waals surface area contributed by atoms with Gasteiger partial charge in [-0.3, -0.25) is 13.9 Å². The van der Waals surface area contributed by atoms with Crippen LogP contribution in [0, 0.1) is 11.7 Å². The number of sulfonamides is 1. The van der Waals surface area contributed by atoms with Gasteiger partial charge in [0.2, 0.25) is 21.8 Å². The highest BCUT2D eigenvalue weighted by molar-refractivity contribution is 7.92. The third-order valence-corrected chi connectivity index (χ3v) is 6.58. The average molecular weight is 524 g/mol. The Morgan fingerprint density at radius 3 is 2.19 bits per heavy atom. The van der Waals surface area contributed by atoms with Gasteiger partial charge in [0.05, 0.1) is 26.2 Å². The van der Waals surface area contributed by atoms with E-state index in [-0.39, 0.29) is 29.8 Å². The molecule has 0 aliphatic heterocycles. The summed E-state index contributed by atoms with van der Waals surface area (Å²) in [6, 6.07) is 9.20. The second kappa shape index (κ2) is 12.6. The van der Waals surface area contributed by atoms with Crippen LogP contribution in [0.5, 0.6) is 11.5 Å². The molecule has 0 aliphatic rings. The van der Waals surface area contributed by atoms with Crippen LogP contribution in [0.4, 0.5) is 10.1 Å². The topological polar surface area (TPSA) is 105 Å². The Kier molecular flexibility index (Phi) is 10.1. The van der Waals surface area contributed by atoms with Crippen LogP contribution in [-0.4, -0.2) is 64.7 Å². The minimum absolute atomic E-state index is 0.0256. The molecule has 0 aromatic heterocycles. The molecule has 198 valence electrons. The fourth-order valence-electron chi connectivity index (χ4n) is 3.41. The van der Waals surface area contributed by atoms with Crippen LogP contribution in [0.25, 0.3) is 0 Å². The molecule has 1 N–H and O–H groups in total. The quantitative estimate of drug-likeness (QED) is 0.459. The standard InChI is InChI=1S/C25H34FN3O6S/c1-17(2)14-27-25(31)18(3)28(15-19-7-9-20(26)10-8-19)24(30)16-29(36(6,32)33)22-13-21(34-4)11-12-23(22)35-5/h7-13,17-18H,14-16H2,1-6H3,(H,27,31)/t18-/m0/s1. The van der Waals surface area contributed by atoms with E-state index in [0.717, 1.165) is 10.6 Å². The lowest BCUT2D eigenvalue weighted by Gasteiger charge is -2.32. The first-order chi connectivity index (χ1) is 16.9. The predicted octanol–water partition coefficient (Wildman–Crippen LogP) is 2.80. The second-order valence-electron chi connectivity index (χ2n) is 8.77. The number of nitrogens with zero attached hydrogens (tertiary/aromatic N) is 2. The number of ether oxygens (including phenoxy) is 2. The van der Waals surface area contributed by atoms with E-state index in [1.54, 1.807) is 13.0 Å². The lowest BCUT2D eigenvalue weighted by molar-refractivity contribution is -0.139. The molecular weight excluding hydrogens is 489 g/mol. The van der Waals surface area contributed by atoms with E-state index in [0.29, 0.717) is 17.9 Å². The molecule has 9 nitrogen and oxygen atoms in total. The highest BCUT2D eigenvalue weighted by Crippen LogP contribution is 2.34. The van der Waals surface area contributed by atoms with Crippen molar-refractivity contribution in [3.05, 3.63) is 53.8 Å². The molecule has 36 heavy (non-hydrogen) atoms. The molecule has 1 atom stereocenters. The number of methoxy groups -OCH3 is 2. The van der Waals surface area contributed by atoms with Crippen molar-refractivity contribution in [2.45, 2.75) is 33.4 Å². The summed E-state index contributed by atoms with van der Waals surface area (Å²) in [6.45, 7) is 5.25. The maximum absolute atomic E-state index is 13.6. The predicted molar refractivity (Wildman–Crippen MR) is 136 cm³/mol. The van der Waals surface area contributed by atoms with Crippen molar-refractivity contribution in [3.8, 4) is 11.5 Å². The van der Waals surface area contributed by atoms with Crippen LogP contribution in [-0.2, 0) is 26.2 Å². The van der Waals surface area contributed by atoms with Gasteiger partial charge in [0.1, 0.15) is 29.9 Å². The lowest BCUT2D eigenvalue weighted by atomic mass is 10.1.